The van der Waals surface area contributed by atoms with Gasteiger partial charge in [-0.25, -0.2) is 0 Å². The molecule has 1 nitrogen and oxygen atoms in total. The maximum atomic E-state index is 5.68. The lowest BCUT2D eigenvalue weighted by Crippen LogP contribution is -2.10. The molecule has 0 unspecified atom stereocenters. The maximum Gasteiger partial charge on any atom is 0.0651 e. The summed E-state index contributed by atoms with van der Waals surface area (Å²) in [6, 6.07) is 0. The molecule has 120 valence electrons. The Labute approximate surface area is 131 Å². The summed E-state index contributed by atoms with van der Waals surface area (Å²) in [6.07, 6.45) is 20.3. The first-order chi connectivity index (χ1) is 10.2. The molecule has 0 aromatic heterocycles. The van der Waals surface area contributed by atoms with Crippen LogP contribution in [0.3, 0.4) is 0 Å². The van der Waals surface area contributed by atoms with Crippen LogP contribution >= 0.6 is 0 Å². The van der Waals surface area contributed by atoms with Crippen molar-refractivity contribution >= 4 is 0 Å². The largest absolute Gasteiger partial charge is 0.373 e. The van der Waals surface area contributed by atoms with E-state index in [9.17, 15) is 0 Å². The summed E-state index contributed by atoms with van der Waals surface area (Å²) in [5.41, 5.74) is 0. The van der Waals surface area contributed by atoms with Gasteiger partial charge in [-0.15, -0.1) is 0 Å². The first-order valence-electron chi connectivity index (χ1n) is 9.15. The molecule has 0 N–H and O–H groups in total. The Morgan fingerprint density at radius 1 is 0.667 bits per heavy atom. The molecule has 21 heavy (non-hydrogen) atoms. The molecule has 0 aliphatic heterocycles. The van der Waals surface area contributed by atoms with Crippen molar-refractivity contribution in [2.24, 2.45) is 23.7 Å². The van der Waals surface area contributed by atoms with Crippen molar-refractivity contribution in [3.63, 3.8) is 0 Å². The highest BCUT2D eigenvalue weighted by Crippen LogP contribution is 2.29. The quantitative estimate of drug-likeness (QED) is 0.446. The van der Waals surface area contributed by atoms with Gasteiger partial charge in [0.05, 0.1) is 13.2 Å². The predicted octanol–water partition coefficient (Wildman–Crippen LogP) is 5.77. The van der Waals surface area contributed by atoms with Gasteiger partial charge in [0.1, 0.15) is 0 Å². The zero-order valence-electron chi connectivity index (χ0n) is 14.1. The molecule has 0 radical (unpaired) electrons. The van der Waals surface area contributed by atoms with Gasteiger partial charge >= 0.3 is 0 Å². The topological polar surface area (TPSA) is 9.23 Å². The van der Waals surface area contributed by atoms with Crippen LogP contribution in [0.2, 0.25) is 0 Å². The normalized spacial score (nSPS) is 34.8. The van der Waals surface area contributed by atoms with Crippen LogP contribution in [0, 0.1) is 23.7 Å². The molecule has 0 aromatic carbocycles. The van der Waals surface area contributed by atoms with Crippen molar-refractivity contribution in [1.29, 1.82) is 0 Å². The van der Waals surface area contributed by atoms with E-state index in [4.69, 9.17) is 4.74 Å². The summed E-state index contributed by atoms with van der Waals surface area (Å²) >= 11 is 0. The third kappa shape index (κ3) is 6.82. The van der Waals surface area contributed by atoms with Gasteiger partial charge in [-0.1, -0.05) is 63.8 Å². The molecule has 0 aromatic rings. The van der Waals surface area contributed by atoms with Crippen molar-refractivity contribution in [3.8, 4) is 0 Å². The predicted molar refractivity (Wildman–Crippen MR) is 91.3 cm³/mol. The van der Waals surface area contributed by atoms with Crippen LogP contribution in [-0.2, 0) is 4.74 Å². The fourth-order valence-electron chi connectivity index (χ4n) is 3.66. The molecule has 2 aliphatic carbocycles. The third-order valence-electron chi connectivity index (χ3n) is 5.37. The lowest BCUT2D eigenvalue weighted by Gasteiger charge is -2.23. The molecule has 2 fully saturated rings. The van der Waals surface area contributed by atoms with Crippen molar-refractivity contribution in [3.05, 3.63) is 24.3 Å². The molecule has 0 heterocycles. The minimum Gasteiger partial charge on any atom is -0.373 e. The standard InChI is InChI=1S/C20H34O/c1-17-7-11-19(12-8-17)5-3-15-21-16-4-6-20-13-9-18(2)10-14-20/h3-6,17-20H,7-16H2,1-2H3/b5-3+,6-4+/t17-,18-,19-,20-. The van der Waals surface area contributed by atoms with Crippen LogP contribution in [0.15, 0.2) is 24.3 Å². The van der Waals surface area contributed by atoms with Gasteiger partial charge in [0, 0.05) is 0 Å². The highest BCUT2D eigenvalue weighted by atomic mass is 16.5. The number of hydrogen-bond donors (Lipinski definition) is 0. The number of hydrogen-bond acceptors (Lipinski definition) is 1. The molecular formula is C20H34O. The molecular weight excluding hydrogens is 256 g/mol. The molecule has 2 aliphatic rings. The van der Waals surface area contributed by atoms with Gasteiger partial charge in [0.2, 0.25) is 0 Å². The summed E-state index contributed by atoms with van der Waals surface area (Å²) in [6.45, 7) is 6.31. The fourth-order valence-corrected chi connectivity index (χ4v) is 3.66. The van der Waals surface area contributed by atoms with Crippen LogP contribution in [0.25, 0.3) is 0 Å². The van der Waals surface area contributed by atoms with Crippen LogP contribution in [0.5, 0.6) is 0 Å². The molecule has 0 bridgehead atoms. The van der Waals surface area contributed by atoms with Gasteiger partial charge in [0.15, 0.2) is 0 Å². The monoisotopic (exact) mass is 290 g/mol. The SMILES string of the molecule is C[C@H]1CC[C@H](/C=C/COC/C=C/[C@H]2CC[C@H](C)CC2)CC1. The minimum atomic E-state index is 0.776. The first-order valence-corrected chi connectivity index (χ1v) is 9.15. The molecule has 0 saturated heterocycles. The number of allylic oxidation sites excluding steroid dienone is 2. The Kier molecular flexibility index (Phi) is 7.57. The van der Waals surface area contributed by atoms with E-state index in [0.29, 0.717) is 0 Å². The number of ether oxygens (including phenoxy) is 1. The summed E-state index contributed by atoms with van der Waals surface area (Å²) in [4.78, 5) is 0. The Morgan fingerprint density at radius 2 is 1.05 bits per heavy atom. The molecule has 0 amide bonds. The summed E-state index contributed by atoms with van der Waals surface area (Å²) < 4.78 is 5.68. The zero-order valence-corrected chi connectivity index (χ0v) is 14.1. The van der Waals surface area contributed by atoms with E-state index in [1.807, 2.05) is 0 Å². The van der Waals surface area contributed by atoms with E-state index in [1.54, 1.807) is 0 Å². The first kappa shape index (κ1) is 16.8. The third-order valence-corrected chi connectivity index (χ3v) is 5.37. The Balaban J connectivity index is 1.49. The van der Waals surface area contributed by atoms with Gasteiger partial charge in [0.25, 0.3) is 0 Å². The lowest BCUT2D eigenvalue weighted by molar-refractivity contribution is 0.192. The minimum absolute atomic E-state index is 0.776. The number of rotatable bonds is 6. The van der Waals surface area contributed by atoms with Crippen LogP contribution in [0.1, 0.15) is 65.2 Å². The molecule has 1 heteroatoms. The van der Waals surface area contributed by atoms with Crippen molar-refractivity contribution in [2.75, 3.05) is 13.2 Å². The summed E-state index contributed by atoms with van der Waals surface area (Å²) in [5.74, 6) is 3.51. The highest BCUT2D eigenvalue weighted by Gasteiger charge is 2.16. The van der Waals surface area contributed by atoms with Crippen molar-refractivity contribution in [2.45, 2.75) is 65.2 Å². The summed E-state index contributed by atoms with van der Waals surface area (Å²) in [5, 5.41) is 0. The van der Waals surface area contributed by atoms with Crippen molar-refractivity contribution < 1.29 is 4.74 Å². The Morgan fingerprint density at radius 3 is 1.43 bits per heavy atom. The van der Waals surface area contributed by atoms with Crippen LogP contribution in [0.4, 0.5) is 0 Å². The van der Waals surface area contributed by atoms with Crippen LogP contribution in [-0.4, -0.2) is 13.2 Å². The van der Waals surface area contributed by atoms with E-state index in [0.717, 1.165) is 36.9 Å². The average molecular weight is 290 g/mol. The van der Waals surface area contributed by atoms with Gasteiger partial charge in [-0.2, -0.15) is 0 Å². The van der Waals surface area contributed by atoms with Crippen LogP contribution < -0.4 is 0 Å². The maximum absolute atomic E-state index is 5.68. The second kappa shape index (κ2) is 9.46. The van der Waals surface area contributed by atoms with E-state index in [-0.39, 0.29) is 0 Å². The second-order valence-corrected chi connectivity index (χ2v) is 7.43. The fraction of sp³-hybridized carbons (Fsp3) is 0.800. The van der Waals surface area contributed by atoms with Gasteiger partial charge in [-0.3, -0.25) is 0 Å². The van der Waals surface area contributed by atoms with Gasteiger partial charge < -0.3 is 4.74 Å². The van der Waals surface area contributed by atoms with E-state index in [2.05, 4.69) is 38.2 Å². The van der Waals surface area contributed by atoms with Crippen molar-refractivity contribution in [1.82, 2.24) is 0 Å². The van der Waals surface area contributed by atoms with E-state index in [1.165, 1.54) is 51.4 Å². The van der Waals surface area contributed by atoms with Gasteiger partial charge in [-0.05, 0) is 49.4 Å². The average Bonchev–Trinajstić information content (AvgIpc) is 2.50. The molecule has 0 spiro atoms. The smallest absolute Gasteiger partial charge is 0.0651 e. The lowest BCUT2D eigenvalue weighted by atomic mass is 9.83. The summed E-state index contributed by atoms with van der Waals surface area (Å²) in [7, 11) is 0. The Bertz CT molecular complexity index is 283. The molecule has 2 rings (SSSR count). The van der Waals surface area contributed by atoms with E-state index >= 15 is 0 Å². The zero-order chi connectivity index (χ0) is 14.9. The Hall–Kier alpha value is -0.560. The second-order valence-electron chi connectivity index (χ2n) is 7.43. The molecule has 2 saturated carbocycles. The molecule has 0 atom stereocenters. The highest BCUT2D eigenvalue weighted by molar-refractivity contribution is 4.92. The van der Waals surface area contributed by atoms with E-state index < -0.39 is 0 Å².